The number of nitrogens with one attached hydrogen (secondary N) is 2. The minimum atomic E-state index is 0.138. The van der Waals surface area contributed by atoms with E-state index in [1.54, 1.807) is 0 Å². The van der Waals surface area contributed by atoms with Crippen LogP contribution in [-0.4, -0.2) is 48.0 Å². The Balaban J connectivity index is 1.76. The van der Waals surface area contributed by atoms with Crippen molar-refractivity contribution in [3.63, 3.8) is 0 Å². The van der Waals surface area contributed by atoms with Crippen LogP contribution >= 0.6 is 15.9 Å². The molecule has 1 amide bonds. The highest BCUT2D eigenvalue weighted by Gasteiger charge is 2.21. The molecule has 0 radical (unpaired) electrons. The lowest BCUT2D eigenvalue weighted by Gasteiger charge is -2.32. The van der Waals surface area contributed by atoms with E-state index in [-0.39, 0.29) is 5.91 Å². The predicted octanol–water partition coefficient (Wildman–Crippen LogP) is 2.56. The SMILES string of the molecule is CCCNC(=O)CN1CCC(Nc2ncc(Br)cc2C)CC1. The van der Waals surface area contributed by atoms with Crippen LogP contribution in [0.4, 0.5) is 5.82 Å². The van der Waals surface area contributed by atoms with Crippen molar-refractivity contribution in [2.75, 3.05) is 31.5 Å². The number of hydrogen-bond acceptors (Lipinski definition) is 4. The Bertz CT molecular complexity index is 501. The molecule has 2 heterocycles. The Morgan fingerprint density at radius 2 is 2.18 bits per heavy atom. The maximum Gasteiger partial charge on any atom is 0.234 e. The summed E-state index contributed by atoms with van der Waals surface area (Å²) in [5.74, 6) is 1.10. The Kier molecular flexibility index (Phi) is 6.64. The van der Waals surface area contributed by atoms with Crippen LogP contribution in [0.2, 0.25) is 0 Å². The molecule has 2 rings (SSSR count). The van der Waals surface area contributed by atoms with Crippen molar-refractivity contribution in [2.24, 2.45) is 0 Å². The fraction of sp³-hybridized carbons (Fsp3) is 0.625. The summed E-state index contributed by atoms with van der Waals surface area (Å²) in [6, 6.07) is 2.50. The molecule has 2 N–H and O–H groups in total. The Morgan fingerprint density at radius 3 is 2.82 bits per heavy atom. The van der Waals surface area contributed by atoms with Gasteiger partial charge in [-0.15, -0.1) is 0 Å². The fourth-order valence-corrected chi connectivity index (χ4v) is 3.09. The Hall–Kier alpha value is -1.14. The number of carbonyl (C=O) groups excluding carboxylic acids is 1. The van der Waals surface area contributed by atoms with Gasteiger partial charge in [-0.2, -0.15) is 0 Å². The van der Waals surface area contributed by atoms with Gasteiger partial charge in [0.1, 0.15) is 5.82 Å². The van der Waals surface area contributed by atoms with E-state index in [1.165, 1.54) is 0 Å². The normalized spacial score (nSPS) is 16.5. The van der Waals surface area contributed by atoms with Crippen LogP contribution < -0.4 is 10.6 Å². The first-order chi connectivity index (χ1) is 10.6. The molecule has 0 saturated carbocycles. The number of carbonyl (C=O) groups is 1. The van der Waals surface area contributed by atoms with Crippen molar-refractivity contribution < 1.29 is 4.79 Å². The first-order valence-electron chi connectivity index (χ1n) is 7.96. The molecule has 6 heteroatoms. The third-order valence-corrected chi connectivity index (χ3v) is 4.35. The van der Waals surface area contributed by atoms with Gasteiger partial charge in [0.15, 0.2) is 0 Å². The van der Waals surface area contributed by atoms with Crippen molar-refractivity contribution in [1.82, 2.24) is 15.2 Å². The molecule has 0 atom stereocenters. The first-order valence-corrected chi connectivity index (χ1v) is 8.75. The Morgan fingerprint density at radius 1 is 1.45 bits per heavy atom. The van der Waals surface area contributed by atoms with E-state index >= 15 is 0 Å². The molecule has 1 aromatic heterocycles. The predicted molar refractivity (Wildman–Crippen MR) is 93.1 cm³/mol. The molecule has 0 unspecified atom stereocenters. The monoisotopic (exact) mass is 368 g/mol. The van der Waals surface area contributed by atoms with E-state index in [1.807, 2.05) is 6.20 Å². The van der Waals surface area contributed by atoms with Crippen LogP contribution in [0, 0.1) is 6.92 Å². The molecule has 1 fully saturated rings. The van der Waals surface area contributed by atoms with Gasteiger partial charge >= 0.3 is 0 Å². The van der Waals surface area contributed by atoms with E-state index in [2.05, 4.69) is 56.4 Å². The van der Waals surface area contributed by atoms with Gasteiger partial charge < -0.3 is 10.6 Å². The molecule has 1 aromatic rings. The first kappa shape index (κ1) is 17.2. The second-order valence-corrected chi connectivity index (χ2v) is 6.78. The highest BCUT2D eigenvalue weighted by atomic mass is 79.9. The minimum Gasteiger partial charge on any atom is -0.367 e. The lowest BCUT2D eigenvalue weighted by Crippen LogP contribution is -2.44. The molecule has 0 aliphatic carbocycles. The van der Waals surface area contributed by atoms with Gasteiger partial charge in [0.2, 0.25) is 5.91 Å². The van der Waals surface area contributed by atoms with Crippen molar-refractivity contribution in [2.45, 2.75) is 39.2 Å². The van der Waals surface area contributed by atoms with Crippen molar-refractivity contribution in [3.8, 4) is 0 Å². The van der Waals surface area contributed by atoms with Gasteiger partial charge in [0.25, 0.3) is 0 Å². The third-order valence-electron chi connectivity index (χ3n) is 3.91. The van der Waals surface area contributed by atoms with E-state index in [0.29, 0.717) is 12.6 Å². The van der Waals surface area contributed by atoms with Gasteiger partial charge in [-0.3, -0.25) is 9.69 Å². The van der Waals surface area contributed by atoms with Gasteiger partial charge in [0.05, 0.1) is 6.54 Å². The van der Waals surface area contributed by atoms with Crippen molar-refractivity contribution in [3.05, 3.63) is 22.3 Å². The maximum atomic E-state index is 11.7. The number of nitrogens with zero attached hydrogens (tertiary/aromatic N) is 2. The molecule has 5 nitrogen and oxygen atoms in total. The maximum absolute atomic E-state index is 11.7. The standard InChI is InChI=1S/C16H25BrN4O/c1-3-6-18-15(22)11-21-7-4-14(5-8-21)20-16-12(2)9-13(17)10-19-16/h9-10,14H,3-8,11H2,1-2H3,(H,18,22)(H,19,20). The quantitative estimate of drug-likeness (QED) is 0.809. The number of likely N-dealkylation sites (tertiary alicyclic amines) is 1. The number of anilines is 1. The van der Waals surface area contributed by atoms with Crippen LogP contribution in [0.15, 0.2) is 16.7 Å². The summed E-state index contributed by atoms with van der Waals surface area (Å²) in [4.78, 5) is 18.4. The summed E-state index contributed by atoms with van der Waals surface area (Å²) in [7, 11) is 0. The highest BCUT2D eigenvalue weighted by molar-refractivity contribution is 9.10. The van der Waals surface area contributed by atoms with Gasteiger partial charge in [-0.25, -0.2) is 4.98 Å². The summed E-state index contributed by atoms with van der Waals surface area (Å²) < 4.78 is 1.00. The van der Waals surface area contributed by atoms with Gasteiger partial charge in [0, 0.05) is 36.3 Å². The van der Waals surface area contributed by atoms with Crippen molar-refractivity contribution >= 4 is 27.7 Å². The van der Waals surface area contributed by atoms with E-state index < -0.39 is 0 Å². The average molecular weight is 369 g/mol. The number of hydrogen-bond donors (Lipinski definition) is 2. The summed E-state index contributed by atoms with van der Waals surface area (Å²) in [6.45, 7) is 7.32. The number of piperidine rings is 1. The highest BCUT2D eigenvalue weighted by Crippen LogP contribution is 2.20. The van der Waals surface area contributed by atoms with Crippen LogP contribution in [0.25, 0.3) is 0 Å². The number of aromatic nitrogens is 1. The van der Waals surface area contributed by atoms with Crippen LogP contribution in [0.1, 0.15) is 31.7 Å². The molecular weight excluding hydrogens is 344 g/mol. The molecule has 22 heavy (non-hydrogen) atoms. The second kappa shape index (κ2) is 8.48. The van der Waals surface area contributed by atoms with Crippen LogP contribution in [-0.2, 0) is 4.79 Å². The molecular formula is C16H25BrN4O. The third kappa shape index (κ3) is 5.25. The number of aryl methyl sites for hydroxylation is 1. The van der Waals surface area contributed by atoms with Gasteiger partial charge in [-0.1, -0.05) is 6.92 Å². The summed E-state index contributed by atoms with van der Waals surface area (Å²) in [5, 5.41) is 6.46. The number of amides is 1. The molecule has 1 aliphatic heterocycles. The fourth-order valence-electron chi connectivity index (χ4n) is 2.64. The van der Waals surface area contributed by atoms with E-state index in [4.69, 9.17) is 0 Å². The summed E-state index contributed by atoms with van der Waals surface area (Å²) in [6.07, 6.45) is 4.89. The van der Waals surface area contributed by atoms with Crippen LogP contribution in [0.3, 0.4) is 0 Å². The molecule has 1 aliphatic rings. The smallest absolute Gasteiger partial charge is 0.234 e. The van der Waals surface area contributed by atoms with Gasteiger partial charge in [-0.05, 0) is 53.7 Å². The zero-order valence-corrected chi connectivity index (χ0v) is 14.9. The molecule has 0 aromatic carbocycles. The number of rotatable bonds is 6. The summed E-state index contributed by atoms with van der Waals surface area (Å²) >= 11 is 3.44. The molecule has 0 spiro atoms. The average Bonchev–Trinajstić information content (AvgIpc) is 2.50. The van der Waals surface area contributed by atoms with E-state index in [9.17, 15) is 4.79 Å². The number of halogens is 1. The molecule has 1 saturated heterocycles. The zero-order valence-electron chi connectivity index (χ0n) is 13.4. The zero-order chi connectivity index (χ0) is 15.9. The largest absolute Gasteiger partial charge is 0.367 e. The lowest BCUT2D eigenvalue weighted by molar-refractivity contribution is -0.122. The minimum absolute atomic E-state index is 0.138. The molecule has 0 bridgehead atoms. The van der Waals surface area contributed by atoms with Crippen LogP contribution in [0.5, 0.6) is 0 Å². The number of pyridine rings is 1. The van der Waals surface area contributed by atoms with Crippen molar-refractivity contribution in [1.29, 1.82) is 0 Å². The lowest BCUT2D eigenvalue weighted by atomic mass is 10.0. The second-order valence-electron chi connectivity index (χ2n) is 5.86. The molecule has 122 valence electrons. The van der Waals surface area contributed by atoms with E-state index in [0.717, 1.165) is 54.8 Å². The summed E-state index contributed by atoms with van der Waals surface area (Å²) in [5.41, 5.74) is 1.15. The topological polar surface area (TPSA) is 57.3 Å². The Labute approximate surface area is 141 Å².